The molecule has 6 heteroatoms. The second-order valence-electron chi connectivity index (χ2n) is 4.84. The Morgan fingerprint density at radius 1 is 1.44 bits per heavy atom. The molecular formula is C12H17N3O3. The van der Waals surface area contributed by atoms with Crippen LogP contribution in [0.25, 0.3) is 0 Å². The molecular weight excluding hydrogens is 234 g/mol. The lowest BCUT2D eigenvalue weighted by molar-refractivity contribution is -0.144. The zero-order valence-corrected chi connectivity index (χ0v) is 10.6. The van der Waals surface area contributed by atoms with E-state index in [1.165, 1.54) is 0 Å². The number of aliphatic carboxylic acids is 1. The fourth-order valence-electron chi connectivity index (χ4n) is 2.52. The molecule has 0 aromatic carbocycles. The van der Waals surface area contributed by atoms with Crippen LogP contribution in [-0.4, -0.2) is 32.1 Å². The third-order valence-corrected chi connectivity index (χ3v) is 3.55. The van der Waals surface area contributed by atoms with Crippen LogP contribution >= 0.6 is 0 Å². The number of carbonyl (C=O) groups excluding carboxylic acids is 1. The van der Waals surface area contributed by atoms with E-state index in [0.717, 1.165) is 12.8 Å². The van der Waals surface area contributed by atoms with Crippen molar-refractivity contribution in [3.05, 3.63) is 17.7 Å². The molecule has 98 valence electrons. The van der Waals surface area contributed by atoms with Gasteiger partial charge >= 0.3 is 5.97 Å². The van der Waals surface area contributed by atoms with Gasteiger partial charge in [-0.05, 0) is 19.8 Å². The van der Waals surface area contributed by atoms with Gasteiger partial charge in [0.05, 0.1) is 12.0 Å². The number of aromatic nitrogens is 2. The highest BCUT2D eigenvalue weighted by Gasteiger charge is 2.43. The first-order valence-electron chi connectivity index (χ1n) is 6.00. The SMILES string of the molecule is Cc1ncn(C)c1C(=O)NC1(C(=O)O)CCCC1. The molecule has 1 aliphatic rings. The molecule has 1 saturated carbocycles. The van der Waals surface area contributed by atoms with Gasteiger partial charge in [0.25, 0.3) is 5.91 Å². The van der Waals surface area contributed by atoms with Crippen LogP contribution in [0, 0.1) is 6.92 Å². The van der Waals surface area contributed by atoms with Crippen LogP contribution < -0.4 is 5.32 Å². The molecule has 0 aliphatic heterocycles. The molecule has 0 bridgehead atoms. The third-order valence-electron chi connectivity index (χ3n) is 3.55. The van der Waals surface area contributed by atoms with Crippen molar-refractivity contribution >= 4 is 11.9 Å². The van der Waals surface area contributed by atoms with Gasteiger partial charge < -0.3 is 15.0 Å². The lowest BCUT2D eigenvalue weighted by Crippen LogP contribution is -2.52. The van der Waals surface area contributed by atoms with Crippen LogP contribution in [0.2, 0.25) is 0 Å². The van der Waals surface area contributed by atoms with Crippen molar-refractivity contribution in [2.24, 2.45) is 7.05 Å². The molecule has 0 saturated heterocycles. The molecule has 1 heterocycles. The summed E-state index contributed by atoms with van der Waals surface area (Å²) in [6, 6.07) is 0. The van der Waals surface area contributed by atoms with E-state index in [9.17, 15) is 14.7 Å². The molecule has 1 amide bonds. The summed E-state index contributed by atoms with van der Waals surface area (Å²) in [6.45, 7) is 1.73. The summed E-state index contributed by atoms with van der Waals surface area (Å²) in [5.41, 5.74) is -0.0792. The number of aryl methyl sites for hydroxylation is 2. The number of nitrogens with zero attached hydrogens (tertiary/aromatic N) is 2. The Morgan fingerprint density at radius 2 is 2.06 bits per heavy atom. The maximum atomic E-state index is 12.2. The first-order valence-corrected chi connectivity index (χ1v) is 6.00. The van der Waals surface area contributed by atoms with E-state index in [1.54, 1.807) is 24.9 Å². The fraction of sp³-hybridized carbons (Fsp3) is 0.583. The van der Waals surface area contributed by atoms with Crippen molar-refractivity contribution in [1.29, 1.82) is 0 Å². The van der Waals surface area contributed by atoms with Crippen LogP contribution in [-0.2, 0) is 11.8 Å². The molecule has 18 heavy (non-hydrogen) atoms. The Kier molecular flexibility index (Phi) is 3.11. The van der Waals surface area contributed by atoms with E-state index in [0.29, 0.717) is 24.2 Å². The van der Waals surface area contributed by atoms with Crippen molar-refractivity contribution in [3.8, 4) is 0 Å². The summed E-state index contributed by atoms with van der Waals surface area (Å²) in [6.07, 6.45) is 4.19. The Bertz CT molecular complexity index is 467. The molecule has 0 radical (unpaired) electrons. The standard InChI is InChI=1S/C12H17N3O3/c1-8-9(15(2)7-13-8)10(16)14-12(11(17)18)5-3-4-6-12/h7H,3-6H2,1-2H3,(H,14,16)(H,17,18). The highest BCUT2D eigenvalue weighted by atomic mass is 16.4. The number of carbonyl (C=O) groups is 2. The van der Waals surface area contributed by atoms with Crippen LogP contribution in [0.5, 0.6) is 0 Å². The van der Waals surface area contributed by atoms with Gasteiger partial charge in [0, 0.05) is 7.05 Å². The second kappa shape index (κ2) is 4.44. The molecule has 1 aliphatic carbocycles. The normalized spacial score (nSPS) is 17.7. The van der Waals surface area contributed by atoms with Gasteiger partial charge in [-0.1, -0.05) is 12.8 Å². The Labute approximate surface area is 105 Å². The molecule has 1 aromatic heterocycles. The number of nitrogens with one attached hydrogen (secondary N) is 1. The predicted molar refractivity (Wildman–Crippen MR) is 64.2 cm³/mol. The van der Waals surface area contributed by atoms with Crippen molar-refractivity contribution in [2.45, 2.75) is 38.1 Å². The Morgan fingerprint density at radius 3 is 2.50 bits per heavy atom. The quantitative estimate of drug-likeness (QED) is 0.834. The van der Waals surface area contributed by atoms with E-state index in [4.69, 9.17) is 0 Å². The molecule has 0 spiro atoms. The third kappa shape index (κ3) is 1.98. The van der Waals surface area contributed by atoms with Crippen molar-refractivity contribution in [3.63, 3.8) is 0 Å². The van der Waals surface area contributed by atoms with Gasteiger partial charge in [0.2, 0.25) is 0 Å². The number of hydrogen-bond acceptors (Lipinski definition) is 3. The lowest BCUT2D eigenvalue weighted by Gasteiger charge is -2.25. The van der Waals surface area contributed by atoms with Gasteiger partial charge in [0.15, 0.2) is 0 Å². The fourth-order valence-corrected chi connectivity index (χ4v) is 2.52. The van der Waals surface area contributed by atoms with Gasteiger partial charge in [-0.3, -0.25) is 4.79 Å². The van der Waals surface area contributed by atoms with Gasteiger partial charge in [-0.15, -0.1) is 0 Å². The summed E-state index contributed by atoms with van der Waals surface area (Å²) in [7, 11) is 1.72. The molecule has 6 nitrogen and oxygen atoms in total. The number of hydrogen-bond donors (Lipinski definition) is 2. The van der Waals surface area contributed by atoms with Crippen molar-refractivity contribution in [1.82, 2.24) is 14.9 Å². The summed E-state index contributed by atoms with van der Waals surface area (Å²) in [5, 5.41) is 12.0. The van der Waals surface area contributed by atoms with Crippen molar-refractivity contribution in [2.75, 3.05) is 0 Å². The van der Waals surface area contributed by atoms with Crippen LogP contribution in [0.1, 0.15) is 41.9 Å². The smallest absolute Gasteiger partial charge is 0.329 e. The van der Waals surface area contributed by atoms with E-state index < -0.39 is 11.5 Å². The number of amides is 1. The second-order valence-corrected chi connectivity index (χ2v) is 4.84. The summed E-state index contributed by atoms with van der Waals surface area (Å²) >= 11 is 0. The summed E-state index contributed by atoms with van der Waals surface area (Å²) in [4.78, 5) is 27.6. The number of carboxylic acids is 1. The van der Waals surface area contributed by atoms with Crippen LogP contribution in [0.4, 0.5) is 0 Å². The number of carboxylic acid groups (broad SMARTS) is 1. The molecule has 0 unspecified atom stereocenters. The van der Waals surface area contributed by atoms with E-state index >= 15 is 0 Å². The average Bonchev–Trinajstić information content (AvgIpc) is 2.87. The molecule has 0 atom stereocenters. The largest absolute Gasteiger partial charge is 0.480 e. The minimum atomic E-state index is -1.10. The lowest BCUT2D eigenvalue weighted by atomic mass is 9.97. The zero-order chi connectivity index (χ0) is 13.3. The zero-order valence-electron chi connectivity index (χ0n) is 10.6. The first-order chi connectivity index (χ1) is 8.46. The number of imidazole rings is 1. The maximum Gasteiger partial charge on any atom is 0.329 e. The van der Waals surface area contributed by atoms with Gasteiger partial charge in [0.1, 0.15) is 11.2 Å². The van der Waals surface area contributed by atoms with E-state index in [1.807, 2.05) is 0 Å². The predicted octanol–water partition coefficient (Wildman–Crippen LogP) is 0.856. The van der Waals surface area contributed by atoms with Crippen molar-refractivity contribution < 1.29 is 14.7 Å². The molecule has 2 rings (SSSR count). The maximum absolute atomic E-state index is 12.2. The minimum absolute atomic E-state index is 0.364. The van der Waals surface area contributed by atoms with E-state index in [2.05, 4.69) is 10.3 Å². The van der Waals surface area contributed by atoms with Crippen LogP contribution in [0.15, 0.2) is 6.33 Å². The van der Waals surface area contributed by atoms with Gasteiger partial charge in [-0.2, -0.15) is 0 Å². The molecule has 1 fully saturated rings. The average molecular weight is 251 g/mol. The highest BCUT2D eigenvalue weighted by Crippen LogP contribution is 2.30. The van der Waals surface area contributed by atoms with Gasteiger partial charge in [-0.25, -0.2) is 9.78 Å². The Balaban J connectivity index is 2.23. The minimum Gasteiger partial charge on any atom is -0.480 e. The summed E-state index contributed by atoms with van der Waals surface area (Å²) < 4.78 is 1.61. The summed E-state index contributed by atoms with van der Waals surface area (Å²) in [5.74, 6) is -1.31. The number of rotatable bonds is 3. The molecule has 2 N–H and O–H groups in total. The van der Waals surface area contributed by atoms with Crippen LogP contribution in [0.3, 0.4) is 0 Å². The topological polar surface area (TPSA) is 84.2 Å². The first kappa shape index (κ1) is 12.6. The molecule has 1 aromatic rings. The Hall–Kier alpha value is -1.85. The highest BCUT2D eigenvalue weighted by molar-refractivity contribution is 5.97. The van der Waals surface area contributed by atoms with E-state index in [-0.39, 0.29) is 5.91 Å². The monoisotopic (exact) mass is 251 g/mol.